The van der Waals surface area contributed by atoms with Crippen LogP contribution in [0.15, 0.2) is 66.7 Å². The first-order valence-electron chi connectivity index (χ1n) is 11.9. The second kappa shape index (κ2) is 11.0. The summed E-state index contributed by atoms with van der Waals surface area (Å²) in [6.07, 6.45) is 1.42. The molecule has 0 atom stereocenters. The number of nitrogens with zero attached hydrogens (tertiary/aromatic N) is 3. The van der Waals surface area contributed by atoms with E-state index in [9.17, 15) is 14.4 Å². The number of amides is 2. The summed E-state index contributed by atoms with van der Waals surface area (Å²) in [4.78, 5) is 36.9. The number of hydrogen-bond acceptors (Lipinski definition) is 5. The molecule has 0 bridgehead atoms. The maximum Gasteiger partial charge on any atom is 0.248 e. The number of hydrogen-bond donors (Lipinski definition) is 1. The molecule has 7 nitrogen and oxygen atoms in total. The molecule has 3 aromatic rings. The summed E-state index contributed by atoms with van der Waals surface area (Å²) in [7, 11) is 0. The Morgan fingerprint density at radius 1 is 1.00 bits per heavy atom. The smallest absolute Gasteiger partial charge is 0.248 e. The highest BCUT2D eigenvalue weighted by molar-refractivity contribution is 5.98. The molecule has 0 unspecified atom stereocenters. The lowest BCUT2D eigenvalue weighted by molar-refractivity contribution is -0.137. The number of benzene rings is 3. The minimum atomic E-state index is -0.472. The molecule has 182 valence electrons. The first-order valence-corrected chi connectivity index (χ1v) is 11.9. The Morgan fingerprint density at radius 3 is 2.47 bits per heavy atom. The summed E-state index contributed by atoms with van der Waals surface area (Å²) in [5, 5.41) is 12.6. The van der Waals surface area contributed by atoms with Crippen molar-refractivity contribution in [3.8, 4) is 17.2 Å². The lowest BCUT2D eigenvalue weighted by Gasteiger charge is -2.27. The number of ketones is 1. The molecule has 1 fully saturated rings. The number of primary amides is 1. The topological polar surface area (TPSA) is 108 Å². The van der Waals surface area contributed by atoms with Gasteiger partial charge in [-0.15, -0.1) is 0 Å². The third kappa shape index (κ3) is 5.68. The van der Waals surface area contributed by atoms with Crippen molar-refractivity contribution >= 4 is 17.6 Å². The van der Waals surface area contributed by atoms with E-state index in [0.29, 0.717) is 55.6 Å². The molecule has 2 N–H and O–H groups in total. The van der Waals surface area contributed by atoms with Gasteiger partial charge in [-0.3, -0.25) is 19.4 Å². The average Bonchev–Trinajstić information content (AvgIpc) is 3.25. The molecule has 3 aromatic carbocycles. The Labute approximate surface area is 210 Å². The van der Waals surface area contributed by atoms with Gasteiger partial charge in [-0.05, 0) is 65.9 Å². The largest absolute Gasteiger partial charge is 0.366 e. The Morgan fingerprint density at radius 2 is 1.78 bits per heavy atom. The molecule has 1 aliphatic heterocycles. The van der Waals surface area contributed by atoms with Crippen LogP contribution in [0.2, 0.25) is 0 Å². The summed E-state index contributed by atoms with van der Waals surface area (Å²) in [6.45, 7) is 3.52. The second-order valence-electron chi connectivity index (χ2n) is 8.93. The zero-order valence-corrected chi connectivity index (χ0v) is 20.2. The van der Waals surface area contributed by atoms with E-state index in [1.165, 1.54) is 0 Å². The van der Waals surface area contributed by atoms with Crippen LogP contribution in [0.25, 0.3) is 11.1 Å². The summed E-state index contributed by atoms with van der Waals surface area (Å²) in [5.41, 5.74) is 10.8. The molecule has 0 spiro atoms. The van der Waals surface area contributed by atoms with Gasteiger partial charge in [0.15, 0.2) is 5.78 Å². The van der Waals surface area contributed by atoms with E-state index in [1.54, 1.807) is 35.3 Å². The van der Waals surface area contributed by atoms with Crippen molar-refractivity contribution in [2.75, 3.05) is 19.6 Å². The van der Waals surface area contributed by atoms with Gasteiger partial charge < -0.3 is 5.73 Å². The number of nitrogens with two attached hydrogens (primary N) is 1. The van der Waals surface area contributed by atoms with E-state index in [-0.39, 0.29) is 11.7 Å². The number of Topliss-reactive ketones (excluding diaryl/α,β-unsaturated/α-hetero) is 1. The van der Waals surface area contributed by atoms with Crippen LogP contribution >= 0.6 is 0 Å². The van der Waals surface area contributed by atoms with Gasteiger partial charge in [0.1, 0.15) is 0 Å². The Balaban J connectivity index is 1.38. The fourth-order valence-corrected chi connectivity index (χ4v) is 4.49. The highest BCUT2D eigenvalue weighted by atomic mass is 16.2. The predicted molar refractivity (Wildman–Crippen MR) is 137 cm³/mol. The Hall–Kier alpha value is -4.28. The number of aryl methyl sites for hydroxylation is 1. The van der Waals surface area contributed by atoms with Crippen molar-refractivity contribution in [3.05, 3.63) is 94.5 Å². The Kier molecular flexibility index (Phi) is 7.57. The molecular weight excluding hydrogens is 452 g/mol. The van der Waals surface area contributed by atoms with E-state index >= 15 is 0 Å². The first kappa shape index (κ1) is 24.8. The van der Waals surface area contributed by atoms with Crippen molar-refractivity contribution in [1.82, 2.24) is 10.0 Å². The number of carbonyl (C=O) groups is 3. The van der Waals surface area contributed by atoms with E-state index in [0.717, 1.165) is 22.3 Å². The average molecular weight is 481 g/mol. The minimum Gasteiger partial charge on any atom is -0.366 e. The second-order valence-corrected chi connectivity index (χ2v) is 8.93. The highest BCUT2D eigenvalue weighted by Gasteiger charge is 2.28. The molecule has 7 heteroatoms. The zero-order valence-electron chi connectivity index (χ0n) is 20.2. The van der Waals surface area contributed by atoms with E-state index in [1.807, 2.05) is 48.3 Å². The van der Waals surface area contributed by atoms with Gasteiger partial charge in [0.05, 0.1) is 11.6 Å². The lowest BCUT2D eigenvalue weighted by Crippen LogP contribution is -2.41. The molecule has 0 aromatic heterocycles. The maximum absolute atomic E-state index is 13.0. The Bertz CT molecular complexity index is 1340. The van der Waals surface area contributed by atoms with Crippen LogP contribution in [0.4, 0.5) is 0 Å². The SMILES string of the molecule is Cc1cc(C(N)=O)ccc1-c1cccc(C(=O)CCN2CCC(=O)N2CCc2ccc(C#N)cc2)c1. The molecule has 0 aliphatic carbocycles. The monoisotopic (exact) mass is 480 g/mol. The van der Waals surface area contributed by atoms with Crippen LogP contribution in [-0.4, -0.2) is 47.2 Å². The van der Waals surface area contributed by atoms with E-state index in [2.05, 4.69) is 6.07 Å². The van der Waals surface area contributed by atoms with Crippen molar-refractivity contribution in [3.63, 3.8) is 0 Å². The van der Waals surface area contributed by atoms with Crippen molar-refractivity contribution in [2.24, 2.45) is 5.73 Å². The molecule has 1 aliphatic rings. The number of nitriles is 1. The number of hydrazine groups is 1. The molecule has 0 saturated carbocycles. The van der Waals surface area contributed by atoms with Gasteiger partial charge in [-0.1, -0.05) is 36.4 Å². The third-order valence-corrected chi connectivity index (χ3v) is 6.51. The molecule has 0 radical (unpaired) electrons. The molecule has 4 rings (SSSR count). The molecule has 2 amide bonds. The number of carbonyl (C=O) groups excluding carboxylic acids is 3. The van der Waals surface area contributed by atoms with Crippen molar-refractivity contribution < 1.29 is 14.4 Å². The van der Waals surface area contributed by atoms with Crippen LogP contribution in [0, 0.1) is 18.3 Å². The standard InChI is InChI=1S/C29H28N4O3/c1-20-17-25(29(31)36)9-10-26(20)23-3-2-4-24(18-23)27(34)12-14-32-15-13-28(35)33(32)16-11-21-5-7-22(19-30)8-6-21/h2-10,17-18H,11-16H2,1H3,(H2,31,36). The van der Waals surface area contributed by atoms with E-state index < -0.39 is 5.91 Å². The fraction of sp³-hybridized carbons (Fsp3) is 0.241. The number of rotatable bonds is 9. The van der Waals surface area contributed by atoms with Gasteiger partial charge >= 0.3 is 0 Å². The zero-order chi connectivity index (χ0) is 25.7. The van der Waals surface area contributed by atoms with Crippen LogP contribution in [-0.2, 0) is 11.2 Å². The third-order valence-electron chi connectivity index (χ3n) is 6.51. The molecule has 1 saturated heterocycles. The van der Waals surface area contributed by atoms with Gasteiger partial charge in [0, 0.05) is 43.6 Å². The normalized spacial score (nSPS) is 13.6. The van der Waals surface area contributed by atoms with Gasteiger partial charge in [0.25, 0.3) is 0 Å². The fourth-order valence-electron chi connectivity index (χ4n) is 4.49. The van der Waals surface area contributed by atoms with Crippen LogP contribution in [0.3, 0.4) is 0 Å². The quantitative estimate of drug-likeness (QED) is 0.468. The van der Waals surface area contributed by atoms with Crippen LogP contribution in [0.1, 0.15) is 50.2 Å². The van der Waals surface area contributed by atoms with E-state index in [4.69, 9.17) is 11.0 Å². The summed E-state index contributed by atoms with van der Waals surface area (Å²) >= 11 is 0. The van der Waals surface area contributed by atoms with Crippen molar-refractivity contribution in [2.45, 2.75) is 26.2 Å². The summed E-state index contributed by atoms with van der Waals surface area (Å²) < 4.78 is 0. The first-order chi connectivity index (χ1) is 17.4. The summed E-state index contributed by atoms with van der Waals surface area (Å²) in [5.74, 6) is -0.400. The van der Waals surface area contributed by atoms with Crippen LogP contribution in [0.5, 0.6) is 0 Å². The minimum absolute atomic E-state index is 0.00894. The lowest BCUT2D eigenvalue weighted by atomic mass is 9.95. The highest BCUT2D eigenvalue weighted by Crippen LogP contribution is 2.26. The van der Waals surface area contributed by atoms with Gasteiger partial charge in [-0.25, -0.2) is 5.01 Å². The molecular formula is C29H28N4O3. The van der Waals surface area contributed by atoms with Crippen LogP contribution < -0.4 is 5.73 Å². The van der Waals surface area contributed by atoms with Gasteiger partial charge in [0.2, 0.25) is 11.8 Å². The van der Waals surface area contributed by atoms with Gasteiger partial charge in [-0.2, -0.15) is 5.26 Å². The predicted octanol–water partition coefficient (Wildman–Crippen LogP) is 3.90. The maximum atomic E-state index is 13.0. The summed E-state index contributed by atoms with van der Waals surface area (Å²) in [6, 6.07) is 22.2. The van der Waals surface area contributed by atoms with Crippen molar-refractivity contribution in [1.29, 1.82) is 5.26 Å². The molecule has 36 heavy (non-hydrogen) atoms. The molecule has 1 heterocycles.